The highest BCUT2D eigenvalue weighted by molar-refractivity contribution is 5.25. The molecular weight excluding hydrogens is 238 g/mol. The highest BCUT2D eigenvalue weighted by atomic mass is 16.5. The zero-order chi connectivity index (χ0) is 14.3. The Morgan fingerprint density at radius 3 is 2.84 bits per heavy atom. The van der Waals surface area contributed by atoms with Gasteiger partial charge in [-0.1, -0.05) is 6.07 Å². The lowest BCUT2D eigenvalue weighted by Gasteiger charge is -2.16. The van der Waals surface area contributed by atoms with Gasteiger partial charge in [-0.3, -0.25) is 0 Å². The third kappa shape index (κ3) is 5.71. The van der Waals surface area contributed by atoms with Crippen molar-refractivity contribution >= 4 is 0 Å². The summed E-state index contributed by atoms with van der Waals surface area (Å²) < 4.78 is 5.66. The topological polar surface area (TPSA) is 57.9 Å². The Morgan fingerprint density at radius 1 is 1.47 bits per heavy atom. The summed E-state index contributed by atoms with van der Waals surface area (Å²) in [7, 11) is 0. The Kier molecular flexibility index (Phi) is 5.78. The quantitative estimate of drug-likeness (QED) is 0.767. The second-order valence-electron chi connectivity index (χ2n) is 5.56. The number of ether oxygens (including phenoxy) is 1. The molecule has 1 rings (SSSR count). The maximum Gasteiger partial charge on any atom is 0.218 e. The van der Waals surface area contributed by atoms with Gasteiger partial charge in [0.15, 0.2) is 0 Å². The lowest BCUT2D eigenvalue weighted by molar-refractivity contribution is 0.229. The number of nitrogens with zero attached hydrogens (tertiary/aromatic N) is 2. The minimum absolute atomic E-state index is 0.117. The van der Waals surface area contributed by atoms with Crippen LogP contribution < -0.4 is 10.1 Å². The molecule has 104 valence electrons. The molecule has 0 aliphatic rings. The summed E-state index contributed by atoms with van der Waals surface area (Å²) >= 11 is 0. The molecule has 0 fully saturated rings. The number of hydrogen-bond acceptors (Lipinski definition) is 4. The second-order valence-corrected chi connectivity index (χ2v) is 5.56. The lowest BCUT2D eigenvalue weighted by Crippen LogP contribution is -2.21. The van der Waals surface area contributed by atoms with E-state index in [1.807, 2.05) is 39.8 Å². The zero-order valence-corrected chi connectivity index (χ0v) is 12.2. The first-order valence-electron chi connectivity index (χ1n) is 6.67. The summed E-state index contributed by atoms with van der Waals surface area (Å²) in [6, 6.07) is 6.21. The van der Waals surface area contributed by atoms with Gasteiger partial charge in [-0.15, -0.1) is 0 Å². The van der Waals surface area contributed by atoms with Crippen molar-refractivity contribution in [3.05, 3.63) is 23.9 Å². The van der Waals surface area contributed by atoms with E-state index in [1.54, 1.807) is 6.20 Å². The molecule has 0 radical (unpaired) electrons. The molecule has 0 bridgehead atoms. The number of hydrogen-bond donors (Lipinski definition) is 1. The summed E-state index contributed by atoms with van der Waals surface area (Å²) in [6.07, 6.45) is 2.68. The Hall–Kier alpha value is -1.60. The first-order chi connectivity index (χ1) is 8.94. The van der Waals surface area contributed by atoms with Crippen LogP contribution in [0.25, 0.3) is 0 Å². The molecular formula is C15H23N3O. The Bertz CT molecular complexity index is 435. The fraction of sp³-hybridized carbons (Fsp3) is 0.600. The van der Waals surface area contributed by atoms with E-state index >= 15 is 0 Å². The van der Waals surface area contributed by atoms with Gasteiger partial charge >= 0.3 is 0 Å². The van der Waals surface area contributed by atoms with Crippen molar-refractivity contribution in [3.8, 4) is 11.9 Å². The fourth-order valence-electron chi connectivity index (χ4n) is 1.57. The van der Waals surface area contributed by atoms with Gasteiger partial charge in [-0.05, 0) is 46.7 Å². The summed E-state index contributed by atoms with van der Waals surface area (Å²) in [5, 5.41) is 12.3. The number of pyridine rings is 1. The zero-order valence-electron chi connectivity index (χ0n) is 12.2. The normalized spacial score (nSPS) is 11.4. The minimum atomic E-state index is -0.279. The summed E-state index contributed by atoms with van der Waals surface area (Å²) in [5.74, 6) is 0.685. The predicted molar refractivity (Wildman–Crippen MR) is 75.7 cm³/mol. The van der Waals surface area contributed by atoms with Crippen LogP contribution in [0.4, 0.5) is 0 Å². The molecule has 1 N–H and O–H groups in total. The van der Waals surface area contributed by atoms with E-state index in [1.165, 1.54) is 0 Å². The van der Waals surface area contributed by atoms with E-state index in [-0.39, 0.29) is 11.5 Å². The third-order valence-corrected chi connectivity index (χ3v) is 2.74. The largest absolute Gasteiger partial charge is 0.475 e. The molecule has 0 aliphatic carbocycles. The molecule has 0 saturated carbocycles. The number of nitrogens with one attached hydrogen (secondary N) is 1. The maximum atomic E-state index is 8.95. The van der Waals surface area contributed by atoms with E-state index in [0.29, 0.717) is 12.4 Å². The first-order valence-corrected chi connectivity index (χ1v) is 6.67. The van der Waals surface area contributed by atoms with Crippen LogP contribution in [0.1, 0.15) is 39.7 Å². The summed E-state index contributed by atoms with van der Waals surface area (Å²) in [5.41, 5.74) is 0.769. The summed E-state index contributed by atoms with van der Waals surface area (Å²) in [4.78, 5) is 4.25. The number of nitriles is 1. The Balaban J connectivity index is 2.48. The van der Waals surface area contributed by atoms with Crippen LogP contribution in [0, 0.1) is 16.7 Å². The highest BCUT2D eigenvalue weighted by Crippen LogP contribution is 2.18. The van der Waals surface area contributed by atoms with Gasteiger partial charge in [0.1, 0.15) is 0 Å². The Morgan fingerprint density at radius 2 is 2.21 bits per heavy atom. The number of aromatic nitrogens is 1. The fourth-order valence-corrected chi connectivity index (χ4v) is 1.57. The molecule has 19 heavy (non-hydrogen) atoms. The second kappa shape index (κ2) is 7.10. The number of rotatable bonds is 7. The van der Waals surface area contributed by atoms with Crippen LogP contribution >= 0.6 is 0 Å². The van der Waals surface area contributed by atoms with Gasteiger partial charge in [0.25, 0.3) is 0 Å². The van der Waals surface area contributed by atoms with E-state index in [9.17, 15) is 0 Å². The van der Waals surface area contributed by atoms with Crippen LogP contribution in [0.5, 0.6) is 5.88 Å². The standard InChI is InChI=1S/C15H23N3O/c1-12(2)19-14-13(6-5-8-18-14)10-17-9-7-15(3,4)11-16/h5-6,8,12,17H,7,9-10H2,1-4H3. The third-order valence-electron chi connectivity index (χ3n) is 2.74. The molecule has 0 spiro atoms. The van der Waals surface area contributed by atoms with Crippen molar-refractivity contribution in [2.24, 2.45) is 5.41 Å². The van der Waals surface area contributed by atoms with Crippen molar-refractivity contribution in [3.63, 3.8) is 0 Å². The van der Waals surface area contributed by atoms with E-state index < -0.39 is 0 Å². The van der Waals surface area contributed by atoms with Crippen molar-refractivity contribution < 1.29 is 4.74 Å². The molecule has 1 aromatic rings. The van der Waals surface area contributed by atoms with Gasteiger partial charge in [-0.2, -0.15) is 5.26 Å². The van der Waals surface area contributed by atoms with E-state index in [2.05, 4.69) is 16.4 Å². The van der Waals surface area contributed by atoms with Crippen molar-refractivity contribution in [2.75, 3.05) is 6.54 Å². The molecule has 1 heterocycles. The van der Waals surface area contributed by atoms with Gasteiger partial charge in [0, 0.05) is 18.3 Å². The van der Waals surface area contributed by atoms with E-state index in [4.69, 9.17) is 10.00 Å². The maximum absolute atomic E-state index is 8.95. The molecule has 0 aliphatic heterocycles. The smallest absolute Gasteiger partial charge is 0.218 e. The van der Waals surface area contributed by atoms with Crippen LogP contribution in [0.3, 0.4) is 0 Å². The Labute approximate surface area is 115 Å². The molecule has 0 aromatic carbocycles. The van der Waals surface area contributed by atoms with E-state index in [0.717, 1.165) is 18.5 Å². The van der Waals surface area contributed by atoms with Crippen LogP contribution in [-0.2, 0) is 6.54 Å². The van der Waals surface area contributed by atoms with Crippen LogP contribution in [0.2, 0.25) is 0 Å². The SMILES string of the molecule is CC(C)Oc1ncccc1CNCCC(C)(C)C#N. The van der Waals surface area contributed by atoms with Crippen LogP contribution in [-0.4, -0.2) is 17.6 Å². The monoisotopic (exact) mass is 261 g/mol. The first kappa shape index (κ1) is 15.5. The molecule has 4 nitrogen and oxygen atoms in total. The van der Waals surface area contributed by atoms with Crippen molar-refractivity contribution in [1.82, 2.24) is 10.3 Å². The molecule has 0 atom stereocenters. The molecule has 0 unspecified atom stereocenters. The molecule has 4 heteroatoms. The average Bonchev–Trinajstić information content (AvgIpc) is 2.36. The van der Waals surface area contributed by atoms with Gasteiger partial charge in [-0.25, -0.2) is 4.98 Å². The van der Waals surface area contributed by atoms with Gasteiger partial charge in [0.2, 0.25) is 5.88 Å². The summed E-state index contributed by atoms with van der Waals surface area (Å²) in [6.45, 7) is 9.38. The highest BCUT2D eigenvalue weighted by Gasteiger charge is 2.15. The molecule has 1 aromatic heterocycles. The van der Waals surface area contributed by atoms with Gasteiger partial charge < -0.3 is 10.1 Å². The van der Waals surface area contributed by atoms with Gasteiger partial charge in [0.05, 0.1) is 17.6 Å². The lowest BCUT2D eigenvalue weighted by atomic mass is 9.91. The molecule has 0 amide bonds. The minimum Gasteiger partial charge on any atom is -0.475 e. The predicted octanol–water partition coefficient (Wildman–Crippen LogP) is 2.90. The molecule has 0 saturated heterocycles. The van der Waals surface area contributed by atoms with Crippen molar-refractivity contribution in [1.29, 1.82) is 5.26 Å². The van der Waals surface area contributed by atoms with Crippen molar-refractivity contribution in [2.45, 2.75) is 46.8 Å². The van der Waals surface area contributed by atoms with Crippen LogP contribution in [0.15, 0.2) is 18.3 Å². The average molecular weight is 261 g/mol.